The molecule has 1 aliphatic heterocycles. The van der Waals surface area contributed by atoms with Crippen LogP contribution >= 0.6 is 0 Å². The van der Waals surface area contributed by atoms with Crippen LogP contribution in [0.15, 0.2) is 120 Å². The smallest absolute Gasteiger partial charge is 0.493 e. The summed E-state index contributed by atoms with van der Waals surface area (Å²) in [4.78, 5) is 0. The second kappa shape index (κ2) is 43.7. The van der Waals surface area contributed by atoms with Crippen molar-refractivity contribution < 1.29 is 25.1 Å². The van der Waals surface area contributed by atoms with Gasteiger partial charge < -0.3 is 5.53 Å². The molecule has 4 aromatic rings. The Hall–Kier alpha value is -3.64. The maximum Gasteiger partial charge on any atom is 2.00 e. The van der Waals surface area contributed by atoms with Gasteiger partial charge in [0.2, 0.25) is 11.4 Å². The number of unbranched alkanes of at least 4 members (excludes halogenated alkanes) is 27. The summed E-state index contributed by atoms with van der Waals surface area (Å²) < 4.78 is 1.62. The van der Waals surface area contributed by atoms with Gasteiger partial charge in [0.15, 0.2) is 0 Å². The first-order chi connectivity index (χ1) is 34.9. The third-order valence-corrected chi connectivity index (χ3v) is 14.4. The topological polar surface area (TPSA) is 25.3 Å². The predicted molar refractivity (Wildman–Crippen MR) is 315 cm³/mol. The third-order valence-electron chi connectivity index (χ3n) is 14.4. The zero-order valence-corrected chi connectivity index (χ0v) is 48.3. The van der Waals surface area contributed by atoms with Crippen molar-refractivity contribution in [2.45, 2.75) is 252 Å². The molecule has 1 heterocycles. The van der Waals surface area contributed by atoms with Crippen LogP contribution in [0.3, 0.4) is 0 Å². The molecular weight excluding hydrogens is 963 g/mol. The van der Waals surface area contributed by atoms with Crippen molar-refractivity contribution in [2.75, 3.05) is 0 Å². The van der Waals surface area contributed by atoms with Crippen LogP contribution in [0.1, 0.15) is 273 Å². The molecule has 0 atom stereocenters. The van der Waals surface area contributed by atoms with Crippen LogP contribution in [-0.4, -0.2) is 4.70 Å². The van der Waals surface area contributed by atoms with Crippen LogP contribution in [-0.2, 0) is 33.3 Å². The number of nitrogens with zero attached hydrogens (tertiary/aromatic N) is 2. The normalized spacial score (nSPS) is 12.1. The maximum absolute atomic E-state index is 12.3. The molecule has 0 bridgehead atoms. The molecule has 3 heteroatoms. The molecule has 0 amide bonds. The molecular formula is C69H104N2Pd. The molecule has 0 aromatic heterocycles. The van der Waals surface area contributed by atoms with Crippen LogP contribution in [0.4, 0.5) is 0 Å². The summed E-state index contributed by atoms with van der Waals surface area (Å²) in [6.07, 6.45) is 46.4. The summed E-state index contributed by atoms with van der Waals surface area (Å²) in [6.45, 7) is 16.6. The van der Waals surface area contributed by atoms with Crippen LogP contribution in [0.5, 0.6) is 0 Å². The first kappa shape index (κ1) is 64.5. The van der Waals surface area contributed by atoms with Crippen LogP contribution in [0.25, 0.3) is 16.9 Å². The van der Waals surface area contributed by atoms with Crippen molar-refractivity contribution in [3.63, 3.8) is 0 Å². The quantitative estimate of drug-likeness (QED) is 0.0186. The van der Waals surface area contributed by atoms with E-state index in [1.54, 1.807) is 4.70 Å². The summed E-state index contributed by atoms with van der Waals surface area (Å²) in [5, 5.41) is 0. The molecule has 72 heavy (non-hydrogen) atoms. The van der Waals surface area contributed by atoms with E-state index in [0.29, 0.717) is 0 Å². The van der Waals surface area contributed by atoms with Gasteiger partial charge in [-0.2, -0.15) is 49.2 Å². The summed E-state index contributed by atoms with van der Waals surface area (Å²) in [5.41, 5.74) is 24.5. The Morgan fingerprint density at radius 3 is 0.917 bits per heavy atom. The molecule has 0 saturated heterocycles. The standard InChI is InChI=1S/C55H90N2.2C7H7.Pd/c1-5-9-13-15-17-19-21-23-25-27-29-31-33-35-45-53-52(44-12-8-4)54(57(56)55(53)50-42-36-40-48(46-50)38-11-7-3)51-43-37-41-49(47-51)39-34-32-30-28-26-24-22-20-18-16-14-10-6-2;2*1-7-5-3-2-4-6-7;/h36-37,40-43,46-47H,5-35,38-39,44-45H2,1-4H3;2*2-6H,1H2;/q;2*-1;+2. The van der Waals surface area contributed by atoms with Gasteiger partial charge in [-0.05, 0) is 86.8 Å². The van der Waals surface area contributed by atoms with Gasteiger partial charge in [0.25, 0.3) is 0 Å². The van der Waals surface area contributed by atoms with Gasteiger partial charge in [0.05, 0.1) is 0 Å². The van der Waals surface area contributed by atoms with Crippen LogP contribution in [0, 0.1) is 13.8 Å². The number of rotatable bonds is 37. The summed E-state index contributed by atoms with van der Waals surface area (Å²) >= 11 is 0. The van der Waals surface area contributed by atoms with Gasteiger partial charge >= 0.3 is 20.4 Å². The molecule has 1 aliphatic rings. The van der Waals surface area contributed by atoms with Crippen molar-refractivity contribution in [2.24, 2.45) is 0 Å². The largest absolute Gasteiger partial charge is 2.00 e. The molecule has 0 N–H and O–H groups in total. The molecule has 5 rings (SSSR count). The number of hydrogen-bond donors (Lipinski definition) is 0. The van der Waals surface area contributed by atoms with Crippen molar-refractivity contribution in [3.8, 4) is 0 Å². The van der Waals surface area contributed by atoms with Crippen molar-refractivity contribution in [1.82, 2.24) is 0 Å². The van der Waals surface area contributed by atoms with Gasteiger partial charge in [0.1, 0.15) is 0 Å². The Bertz CT molecular complexity index is 1940. The minimum atomic E-state index is 0. The summed E-state index contributed by atoms with van der Waals surface area (Å²) in [6, 6.07) is 38.0. The molecule has 0 fully saturated rings. The Kier molecular flexibility index (Phi) is 39.2. The van der Waals surface area contributed by atoms with Crippen LogP contribution < -0.4 is 0 Å². The molecule has 0 aliphatic carbocycles. The SMILES string of the molecule is CCCCCCCCCCCCCCCCC1=C(c2cccc(CCCC)c2)[N+](=[N-])C(c2cccc(CCCCCCCCCCCCCCC)c2)=C1CCCC.[CH2-]c1ccccc1.[CH2-]c1ccccc1.[Pd+2]. The maximum atomic E-state index is 12.3. The number of hydrogen-bond acceptors (Lipinski definition) is 0. The monoisotopic (exact) mass is 1070 g/mol. The van der Waals surface area contributed by atoms with E-state index in [9.17, 15) is 5.53 Å². The second-order valence-electron chi connectivity index (χ2n) is 20.9. The Morgan fingerprint density at radius 1 is 0.319 bits per heavy atom. The number of allylic oxidation sites excluding steroid dienone is 2. The van der Waals surface area contributed by atoms with E-state index in [1.807, 2.05) is 60.7 Å². The van der Waals surface area contributed by atoms with Crippen molar-refractivity contribution >= 4 is 11.4 Å². The average molecular weight is 1070 g/mol. The van der Waals surface area contributed by atoms with Gasteiger partial charge in [-0.1, -0.05) is 237 Å². The Morgan fingerprint density at radius 2 is 0.597 bits per heavy atom. The zero-order chi connectivity index (χ0) is 50.8. The number of aryl methyl sites for hydroxylation is 2. The number of benzene rings is 4. The van der Waals surface area contributed by atoms with Gasteiger partial charge in [0, 0.05) is 22.3 Å². The minimum absolute atomic E-state index is 0. The molecule has 400 valence electrons. The Balaban J connectivity index is 0.00000101. The van der Waals surface area contributed by atoms with Crippen molar-refractivity contribution in [3.05, 3.63) is 173 Å². The molecule has 4 aromatic carbocycles. The first-order valence-corrected chi connectivity index (χ1v) is 29.8. The van der Waals surface area contributed by atoms with E-state index in [-0.39, 0.29) is 20.4 Å². The zero-order valence-electron chi connectivity index (χ0n) is 46.8. The minimum Gasteiger partial charge on any atom is -0.493 e. The van der Waals surface area contributed by atoms with Gasteiger partial charge in [-0.3, -0.25) is 0 Å². The fraction of sp³-hybridized carbons (Fsp3) is 0.565. The average Bonchev–Trinajstić information content (AvgIpc) is 3.67. The molecule has 2 nitrogen and oxygen atoms in total. The molecule has 0 radical (unpaired) electrons. The fourth-order valence-corrected chi connectivity index (χ4v) is 10.1. The molecule has 0 spiro atoms. The summed E-state index contributed by atoms with van der Waals surface area (Å²) in [5.74, 6) is 0. The third kappa shape index (κ3) is 28.7. The van der Waals surface area contributed by atoms with E-state index < -0.39 is 0 Å². The van der Waals surface area contributed by atoms with E-state index in [2.05, 4.69) is 90.1 Å². The summed E-state index contributed by atoms with van der Waals surface area (Å²) in [7, 11) is 0. The van der Waals surface area contributed by atoms with E-state index in [1.165, 1.54) is 220 Å². The van der Waals surface area contributed by atoms with E-state index in [0.717, 1.165) is 61.0 Å². The fourth-order valence-electron chi connectivity index (χ4n) is 10.1. The predicted octanol–water partition coefficient (Wildman–Crippen LogP) is 22.6. The van der Waals surface area contributed by atoms with Gasteiger partial charge in [-0.25, -0.2) is 4.70 Å². The van der Waals surface area contributed by atoms with Crippen molar-refractivity contribution in [1.29, 1.82) is 0 Å². The van der Waals surface area contributed by atoms with Crippen LogP contribution in [0.2, 0.25) is 0 Å². The molecule has 0 saturated carbocycles. The van der Waals surface area contributed by atoms with Gasteiger partial charge in [-0.15, -0.1) is 24.3 Å². The Labute approximate surface area is 459 Å². The second-order valence-corrected chi connectivity index (χ2v) is 20.9. The molecule has 0 unspecified atom stereocenters. The first-order valence-electron chi connectivity index (χ1n) is 29.8. The van der Waals surface area contributed by atoms with E-state index in [4.69, 9.17) is 0 Å². The van der Waals surface area contributed by atoms with E-state index >= 15 is 0 Å².